The van der Waals surface area contributed by atoms with Crippen LogP contribution in [0.1, 0.15) is 30.5 Å². The molecule has 0 amide bonds. The maximum atomic E-state index is 12.6. The first-order chi connectivity index (χ1) is 10.8. The van der Waals surface area contributed by atoms with Gasteiger partial charge in [0.2, 0.25) is 0 Å². The molecule has 1 aromatic heterocycles. The van der Waals surface area contributed by atoms with Crippen molar-refractivity contribution in [2.75, 3.05) is 0 Å². The zero-order valence-corrected chi connectivity index (χ0v) is 11.9. The fourth-order valence-electron chi connectivity index (χ4n) is 2.25. The van der Waals surface area contributed by atoms with Gasteiger partial charge in [-0.05, 0) is 23.6 Å². The zero-order chi connectivity index (χ0) is 16.6. The maximum absolute atomic E-state index is 12.6. The van der Waals surface area contributed by atoms with Crippen molar-refractivity contribution in [3.05, 3.63) is 41.7 Å². The minimum atomic E-state index is -4.58. The van der Waals surface area contributed by atoms with Gasteiger partial charge in [-0.25, -0.2) is 4.98 Å². The summed E-state index contributed by atoms with van der Waals surface area (Å²) in [5.41, 5.74) is -0.262. The summed E-state index contributed by atoms with van der Waals surface area (Å²) >= 11 is 0. The highest BCUT2D eigenvalue weighted by Crippen LogP contribution is 2.37. The van der Waals surface area contributed by atoms with Gasteiger partial charge < -0.3 is 9.47 Å². The Morgan fingerprint density at radius 3 is 2.83 bits per heavy atom. The van der Waals surface area contributed by atoms with Crippen LogP contribution in [0, 0.1) is 0 Å². The van der Waals surface area contributed by atoms with E-state index < -0.39 is 17.9 Å². The second kappa shape index (κ2) is 5.53. The molecule has 2 aromatic rings. The lowest BCUT2D eigenvalue weighted by molar-refractivity contribution is -0.141. The summed E-state index contributed by atoms with van der Waals surface area (Å²) in [6.07, 6.45) is -3.34. The van der Waals surface area contributed by atoms with Crippen LogP contribution in [0.25, 0.3) is 0 Å². The van der Waals surface area contributed by atoms with E-state index in [1.807, 2.05) is 6.92 Å². The van der Waals surface area contributed by atoms with E-state index >= 15 is 0 Å². The molecular weight excluding hydrogens is 313 g/mol. The van der Waals surface area contributed by atoms with Crippen molar-refractivity contribution in [3.8, 4) is 17.5 Å². The van der Waals surface area contributed by atoms with Crippen LogP contribution >= 0.6 is 0 Å². The van der Waals surface area contributed by atoms with Crippen molar-refractivity contribution in [3.63, 3.8) is 0 Å². The summed E-state index contributed by atoms with van der Waals surface area (Å²) in [6, 6.07) is 5.03. The second-order valence-corrected chi connectivity index (χ2v) is 5.10. The summed E-state index contributed by atoms with van der Waals surface area (Å²) in [4.78, 5) is 18.4. The number of ether oxygens (including phenoxy) is 2. The van der Waals surface area contributed by atoms with E-state index in [0.717, 1.165) is 17.8 Å². The van der Waals surface area contributed by atoms with Crippen molar-refractivity contribution in [2.45, 2.75) is 25.4 Å². The van der Waals surface area contributed by atoms with E-state index in [9.17, 15) is 18.0 Å². The summed E-state index contributed by atoms with van der Waals surface area (Å²) in [5, 5.41) is 0. The number of benzene rings is 1. The molecule has 5 nitrogen and oxygen atoms in total. The third-order valence-corrected chi connectivity index (χ3v) is 3.35. The average Bonchev–Trinajstić information content (AvgIpc) is 2.46. The van der Waals surface area contributed by atoms with E-state index in [0.29, 0.717) is 5.75 Å². The first kappa shape index (κ1) is 15.3. The fraction of sp³-hybridized carbons (Fsp3) is 0.267. The van der Waals surface area contributed by atoms with Gasteiger partial charge in [-0.1, -0.05) is 13.0 Å². The van der Waals surface area contributed by atoms with Gasteiger partial charge in [-0.2, -0.15) is 18.2 Å². The Morgan fingerprint density at radius 2 is 2.09 bits per heavy atom. The number of carbonyl (C=O) groups is 1. The largest absolute Gasteiger partial charge is 0.433 e. The highest BCUT2D eigenvalue weighted by atomic mass is 19.4. The quantitative estimate of drug-likeness (QED) is 0.622. The Labute approximate surface area is 129 Å². The lowest BCUT2D eigenvalue weighted by Gasteiger charge is -2.21. The highest BCUT2D eigenvalue weighted by Gasteiger charge is 2.33. The van der Waals surface area contributed by atoms with Crippen LogP contribution in [0.5, 0.6) is 17.5 Å². The molecule has 1 aliphatic heterocycles. The lowest BCUT2D eigenvalue weighted by atomic mass is 9.95. The molecule has 1 unspecified atom stereocenters. The highest BCUT2D eigenvalue weighted by molar-refractivity contribution is 5.76. The van der Waals surface area contributed by atoms with Crippen LogP contribution in [-0.4, -0.2) is 15.9 Å². The molecule has 23 heavy (non-hydrogen) atoms. The summed E-state index contributed by atoms with van der Waals surface area (Å²) < 4.78 is 48.2. The van der Waals surface area contributed by atoms with Crippen molar-refractivity contribution in [1.29, 1.82) is 0 Å². The molecule has 120 valence electrons. The van der Waals surface area contributed by atoms with Gasteiger partial charge in [-0.3, -0.25) is 4.79 Å². The van der Waals surface area contributed by atoms with Crippen LogP contribution in [-0.2, 0) is 11.0 Å². The smallest absolute Gasteiger partial charge is 0.426 e. The molecule has 0 radical (unpaired) electrons. The topological polar surface area (TPSA) is 61.3 Å². The summed E-state index contributed by atoms with van der Waals surface area (Å²) in [5.74, 6) is 0.158. The Kier molecular flexibility index (Phi) is 3.67. The zero-order valence-electron chi connectivity index (χ0n) is 11.9. The third-order valence-electron chi connectivity index (χ3n) is 3.35. The third kappa shape index (κ3) is 3.25. The number of esters is 1. The van der Waals surface area contributed by atoms with Crippen molar-refractivity contribution < 1.29 is 27.4 Å². The Bertz CT molecular complexity index is 762. The second-order valence-electron chi connectivity index (χ2n) is 5.10. The molecule has 8 heteroatoms. The van der Waals surface area contributed by atoms with E-state index in [4.69, 9.17) is 9.47 Å². The van der Waals surface area contributed by atoms with E-state index in [-0.39, 0.29) is 24.1 Å². The van der Waals surface area contributed by atoms with Crippen LogP contribution < -0.4 is 9.47 Å². The SMILES string of the molecule is CC1CC(=O)Oc2cc(Oc3nccc(C(F)(F)F)n3)ccc21. The standard InChI is InChI=1S/C15H11F3N2O3/c1-8-6-13(21)23-11-7-9(2-3-10(8)11)22-14-19-5-4-12(20-14)15(16,17)18/h2-5,7-8H,6H2,1H3. The molecule has 1 aliphatic rings. The minimum absolute atomic E-state index is 0.00473. The molecule has 0 bridgehead atoms. The summed E-state index contributed by atoms with van der Waals surface area (Å²) in [7, 11) is 0. The molecule has 3 rings (SSSR count). The molecule has 2 heterocycles. The summed E-state index contributed by atoms with van der Waals surface area (Å²) in [6.45, 7) is 1.88. The molecule has 0 fully saturated rings. The van der Waals surface area contributed by atoms with Gasteiger partial charge >= 0.3 is 18.2 Å². The van der Waals surface area contributed by atoms with E-state index in [1.54, 1.807) is 12.1 Å². The molecule has 1 atom stereocenters. The van der Waals surface area contributed by atoms with Gasteiger partial charge in [0.05, 0.1) is 6.42 Å². The predicted octanol–water partition coefficient (Wildman–Crippen LogP) is 3.70. The molecule has 0 saturated heterocycles. The van der Waals surface area contributed by atoms with Gasteiger partial charge in [-0.15, -0.1) is 0 Å². The minimum Gasteiger partial charge on any atom is -0.426 e. The van der Waals surface area contributed by atoms with Crippen LogP contribution in [0.4, 0.5) is 13.2 Å². The van der Waals surface area contributed by atoms with Crippen LogP contribution in [0.2, 0.25) is 0 Å². The Balaban J connectivity index is 1.87. The normalized spacial score (nSPS) is 17.4. The van der Waals surface area contributed by atoms with Gasteiger partial charge in [0.25, 0.3) is 0 Å². The first-order valence-corrected chi connectivity index (χ1v) is 6.75. The number of halogens is 3. The van der Waals surface area contributed by atoms with E-state index in [2.05, 4.69) is 9.97 Å². The Morgan fingerprint density at radius 1 is 1.30 bits per heavy atom. The fourth-order valence-corrected chi connectivity index (χ4v) is 2.25. The van der Waals surface area contributed by atoms with Crippen molar-refractivity contribution in [2.24, 2.45) is 0 Å². The molecule has 0 saturated carbocycles. The molecular formula is C15H11F3N2O3. The van der Waals surface area contributed by atoms with Crippen LogP contribution in [0.15, 0.2) is 30.5 Å². The number of aromatic nitrogens is 2. The monoisotopic (exact) mass is 324 g/mol. The van der Waals surface area contributed by atoms with Crippen molar-refractivity contribution in [1.82, 2.24) is 9.97 Å². The molecule has 0 N–H and O–H groups in total. The number of carbonyl (C=O) groups excluding carboxylic acids is 1. The predicted molar refractivity (Wildman–Crippen MR) is 72.2 cm³/mol. The number of fused-ring (bicyclic) bond motifs is 1. The number of hydrogen-bond acceptors (Lipinski definition) is 5. The lowest BCUT2D eigenvalue weighted by Crippen LogP contribution is -2.18. The van der Waals surface area contributed by atoms with Gasteiger partial charge in [0, 0.05) is 12.3 Å². The molecule has 0 aliphatic carbocycles. The van der Waals surface area contributed by atoms with Crippen molar-refractivity contribution >= 4 is 5.97 Å². The van der Waals surface area contributed by atoms with E-state index in [1.165, 1.54) is 6.07 Å². The number of rotatable bonds is 2. The molecule has 1 aromatic carbocycles. The number of alkyl halides is 3. The molecule has 0 spiro atoms. The maximum Gasteiger partial charge on any atom is 0.433 e. The average molecular weight is 324 g/mol. The number of hydrogen-bond donors (Lipinski definition) is 0. The number of nitrogens with zero attached hydrogens (tertiary/aromatic N) is 2. The van der Waals surface area contributed by atoms with Crippen LogP contribution in [0.3, 0.4) is 0 Å². The van der Waals surface area contributed by atoms with Gasteiger partial charge in [0.1, 0.15) is 11.5 Å². The van der Waals surface area contributed by atoms with Gasteiger partial charge in [0.15, 0.2) is 5.69 Å². The first-order valence-electron chi connectivity index (χ1n) is 6.75. The Hall–Kier alpha value is -2.64.